The van der Waals surface area contributed by atoms with Gasteiger partial charge in [0.25, 0.3) is 0 Å². The molecule has 1 amide bonds. The van der Waals surface area contributed by atoms with Gasteiger partial charge in [-0.3, -0.25) is 9.48 Å². The van der Waals surface area contributed by atoms with Crippen molar-refractivity contribution in [2.24, 2.45) is 17.8 Å². The molecule has 2 bridgehead atoms. The maximum Gasteiger partial charge on any atom is 0.228 e. The van der Waals surface area contributed by atoms with Gasteiger partial charge in [0.1, 0.15) is 0 Å². The largest absolute Gasteiger partial charge is 0.379 e. The number of amides is 1. The quantitative estimate of drug-likeness (QED) is 0.857. The second-order valence-electron chi connectivity index (χ2n) is 6.10. The van der Waals surface area contributed by atoms with Crippen molar-refractivity contribution < 1.29 is 9.53 Å². The summed E-state index contributed by atoms with van der Waals surface area (Å²) in [5.41, 5.74) is 0.800. The van der Waals surface area contributed by atoms with Gasteiger partial charge in [-0.25, -0.2) is 0 Å². The number of nitrogens with one attached hydrogen (secondary N) is 1. The summed E-state index contributed by atoms with van der Waals surface area (Å²) < 4.78 is 7.27. The maximum absolute atomic E-state index is 12.3. The summed E-state index contributed by atoms with van der Waals surface area (Å²) in [6.45, 7) is 1.51. The highest BCUT2D eigenvalue weighted by atomic mass is 16.5. The number of fused-ring (bicyclic) bond motifs is 2. The molecule has 0 radical (unpaired) electrons. The summed E-state index contributed by atoms with van der Waals surface area (Å²) in [5.74, 6) is 1.35. The third-order valence-electron chi connectivity index (χ3n) is 4.76. The van der Waals surface area contributed by atoms with Gasteiger partial charge in [-0.2, -0.15) is 5.10 Å². The van der Waals surface area contributed by atoms with Gasteiger partial charge in [0.15, 0.2) is 0 Å². The van der Waals surface area contributed by atoms with Gasteiger partial charge in [0.2, 0.25) is 5.91 Å². The van der Waals surface area contributed by atoms with Crippen molar-refractivity contribution in [3.05, 3.63) is 24.5 Å². The van der Waals surface area contributed by atoms with Crippen LogP contribution in [0.4, 0.5) is 5.69 Å². The highest BCUT2D eigenvalue weighted by Gasteiger charge is 2.39. The van der Waals surface area contributed by atoms with Crippen molar-refractivity contribution in [3.8, 4) is 0 Å². The van der Waals surface area contributed by atoms with Crippen molar-refractivity contribution in [1.82, 2.24) is 9.78 Å². The highest BCUT2D eigenvalue weighted by Crippen LogP contribution is 2.43. The van der Waals surface area contributed by atoms with Crippen LogP contribution < -0.4 is 5.32 Å². The molecule has 2 aliphatic carbocycles. The molecule has 4 rings (SSSR count). The molecule has 4 atom stereocenters. The van der Waals surface area contributed by atoms with E-state index in [-0.39, 0.29) is 11.8 Å². The summed E-state index contributed by atoms with van der Waals surface area (Å²) in [7, 11) is 0. The lowest BCUT2D eigenvalue weighted by Gasteiger charge is -2.16. The van der Waals surface area contributed by atoms with Gasteiger partial charge in [-0.1, -0.05) is 12.2 Å². The second kappa shape index (κ2) is 4.74. The molecule has 1 aromatic rings. The molecule has 106 valence electrons. The van der Waals surface area contributed by atoms with Gasteiger partial charge < -0.3 is 10.1 Å². The first-order chi connectivity index (χ1) is 9.79. The van der Waals surface area contributed by atoms with Crippen molar-refractivity contribution in [2.75, 3.05) is 18.5 Å². The minimum Gasteiger partial charge on any atom is -0.379 e. The van der Waals surface area contributed by atoms with Crippen LogP contribution in [0.1, 0.15) is 25.3 Å². The minimum atomic E-state index is 0.142. The highest BCUT2D eigenvalue weighted by molar-refractivity contribution is 5.93. The zero-order valence-corrected chi connectivity index (χ0v) is 11.4. The lowest BCUT2D eigenvalue weighted by atomic mass is 9.93. The van der Waals surface area contributed by atoms with Gasteiger partial charge >= 0.3 is 0 Å². The lowest BCUT2D eigenvalue weighted by molar-refractivity contribution is -0.120. The fraction of sp³-hybridized carbons (Fsp3) is 0.600. The van der Waals surface area contributed by atoms with E-state index in [4.69, 9.17) is 4.74 Å². The molecule has 20 heavy (non-hydrogen) atoms. The monoisotopic (exact) mass is 273 g/mol. The number of carbonyl (C=O) groups is 1. The Labute approximate surface area is 118 Å². The van der Waals surface area contributed by atoms with Crippen molar-refractivity contribution in [3.63, 3.8) is 0 Å². The Kier molecular flexibility index (Phi) is 2.88. The molecular formula is C15H19N3O2. The van der Waals surface area contributed by atoms with E-state index in [1.54, 1.807) is 6.20 Å². The Balaban J connectivity index is 1.41. The molecule has 1 saturated carbocycles. The number of ether oxygens (including phenoxy) is 1. The molecule has 0 aromatic carbocycles. The SMILES string of the molecule is O=C(Nc1cnn(C2CCOC2)c1)C1CC2C=CC1C2. The van der Waals surface area contributed by atoms with E-state index in [0.29, 0.717) is 24.5 Å². The Hall–Kier alpha value is -1.62. The van der Waals surface area contributed by atoms with Crippen LogP contribution in [0.25, 0.3) is 0 Å². The lowest BCUT2D eigenvalue weighted by Crippen LogP contribution is -2.25. The first-order valence-corrected chi connectivity index (χ1v) is 7.40. The van der Waals surface area contributed by atoms with Crippen LogP contribution in [-0.4, -0.2) is 28.9 Å². The van der Waals surface area contributed by atoms with Gasteiger partial charge in [-0.15, -0.1) is 0 Å². The van der Waals surface area contributed by atoms with E-state index < -0.39 is 0 Å². The first-order valence-electron chi connectivity index (χ1n) is 7.40. The fourth-order valence-electron chi connectivity index (χ4n) is 3.65. The minimum absolute atomic E-state index is 0.142. The number of rotatable bonds is 3. The van der Waals surface area contributed by atoms with E-state index in [0.717, 1.165) is 31.6 Å². The van der Waals surface area contributed by atoms with Gasteiger partial charge in [0.05, 0.1) is 24.5 Å². The summed E-state index contributed by atoms with van der Waals surface area (Å²) >= 11 is 0. The first kappa shape index (κ1) is 12.1. The third kappa shape index (κ3) is 2.06. The molecule has 2 heterocycles. The number of anilines is 1. The number of carbonyl (C=O) groups excluding carboxylic acids is 1. The van der Waals surface area contributed by atoms with Crippen molar-refractivity contribution in [1.29, 1.82) is 0 Å². The molecule has 4 unspecified atom stereocenters. The number of nitrogens with zero attached hydrogens (tertiary/aromatic N) is 2. The molecule has 1 saturated heterocycles. The summed E-state index contributed by atoms with van der Waals surface area (Å²) in [6, 6.07) is 0.311. The van der Waals surface area contributed by atoms with Crippen LogP contribution in [-0.2, 0) is 9.53 Å². The zero-order chi connectivity index (χ0) is 13.5. The second-order valence-corrected chi connectivity index (χ2v) is 6.10. The number of aromatic nitrogens is 2. The molecule has 5 nitrogen and oxygen atoms in total. The van der Waals surface area contributed by atoms with E-state index >= 15 is 0 Å². The van der Waals surface area contributed by atoms with Crippen LogP contribution >= 0.6 is 0 Å². The Morgan fingerprint density at radius 2 is 2.35 bits per heavy atom. The average molecular weight is 273 g/mol. The third-order valence-corrected chi connectivity index (χ3v) is 4.76. The molecule has 1 aromatic heterocycles. The molecule has 5 heteroatoms. The molecule has 0 spiro atoms. The predicted octanol–water partition coefficient (Wildman–Crippen LogP) is 2.00. The summed E-state index contributed by atoms with van der Waals surface area (Å²) in [5, 5.41) is 7.35. The van der Waals surface area contributed by atoms with Crippen LogP contribution in [0.15, 0.2) is 24.5 Å². The molecule has 2 fully saturated rings. The molecule has 1 aliphatic heterocycles. The number of hydrogen-bond donors (Lipinski definition) is 1. The number of allylic oxidation sites excluding steroid dienone is 2. The molecular weight excluding hydrogens is 254 g/mol. The predicted molar refractivity (Wildman–Crippen MR) is 74.2 cm³/mol. The van der Waals surface area contributed by atoms with Gasteiger partial charge in [0, 0.05) is 18.7 Å². The molecule has 1 N–H and O–H groups in total. The van der Waals surface area contributed by atoms with Crippen LogP contribution in [0.2, 0.25) is 0 Å². The van der Waals surface area contributed by atoms with Crippen LogP contribution in [0, 0.1) is 17.8 Å². The van der Waals surface area contributed by atoms with Gasteiger partial charge in [-0.05, 0) is 31.1 Å². The van der Waals surface area contributed by atoms with Crippen LogP contribution in [0.3, 0.4) is 0 Å². The normalized spacial score (nSPS) is 34.8. The average Bonchev–Trinajstić information content (AvgIpc) is 3.22. The zero-order valence-electron chi connectivity index (χ0n) is 11.4. The fourth-order valence-corrected chi connectivity index (χ4v) is 3.65. The Morgan fingerprint density at radius 3 is 3.05 bits per heavy atom. The van der Waals surface area contributed by atoms with E-state index in [2.05, 4.69) is 22.6 Å². The maximum atomic E-state index is 12.3. The topological polar surface area (TPSA) is 56.2 Å². The number of hydrogen-bond acceptors (Lipinski definition) is 3. The summed E-state index contributed by atoms with van der Waals surface area (Å²) in [6.07, 6.45) is 11.3. The van der Waals surface area contributed by atoms with E-state index in [1.165, 1.54) is 0 Å². The van der Waals surface area contributed by atoms with Crippen molar-refractivity contribution in [2.45, 2.75) is 25.3 Å². The summed E-state index contributed by atoms with van der Waals surface area (Å²) in [4.78, 5) is 12.3. The van der Waals surface area contributed by atoms with E-state index in [9.17, 15) is 4.79 Å². The standard InChI is InChI=1S/C15H19N3O2/c19-15(14-6-10-1-2-11(14)5-10)17-12-7-16-18(8-12)13-3-4-20-9-13/h1-2,7-8,10-11,13-14H,3-6,9H2,(H,17,19). The Morgan fingerprint density at radius 1 is 1.40 bits per heavy atom. The van der Waals surface area contributed by atoms with E-state index in [1.807, 2.05) is 10.9 Å². The molecule has 3 aliphatic rings. The van der Waals surface area contributed by atoms with Crippen LogP contribution in [0.5, 0.6) is 0 Å². The van der Waals surface area contributed by atoms with Crippen molar-refractivity contribution >= 4 is 11.6 Å². The Bertz CT molecular complexity index is 545. The smallest absolute Gasteiger partial charge is 0.228 e.